The van der Waals surface area contributed by atoms with Crippen LogP contribution in [0.3, 0.4) is 0 Å². The van der Waals surface area contributed by atoms with Crippen molar-refractivity contribution in [3.8, 4) is 5.75 Å². The summed E-state index contributed by atoms with van der Waals surface area (Å²) in [6.45, 7) is 4.40. The number of nitrogens with one attached hydrogen (secondary N) is 2. The molecule has 0 unspecified atom stereocenters. The van der Waals surface area contributed by atoms with Gasteiger partial charge < -0.3 is 15.4 Å². The zero-order chi connectivity index (χ0) is 14.2. The Morgan fingerprint density at radius 3 is 2.76 bits per heavy atom. The van der Waals surface area contributed by atoms with Gasteiger partial charge in [0.15, 0.2) is 0 Å². The summed E-state index contributed by atoms with van der Waals surface area (Å²) in [7, 11) is 0. The van der Waals surface area contributed by atoms with Gasteiger partial charge >= 0.3 is 0 Å². The zero-order valence-electron chi connectivity index (χ0n) is 12.6. The van der Waals surface area contributed by atoms with E-state index in [9.17, 15) is 4.79 Å². The first kappa shape index (κ1) is 17.8. The number of halogens is 1. The number of hydrogen-bond donors (Lipinski definition) is 2. The standard InChI is InChI=1S/C16H24N2O2.ClH/c1-2-17-10-11-18-16(19)13-6-5-9-15(12-13)20-14-7-3-4-8-14;/h5-6,9,12,14,17H,2-4,7-8,10-11H2,1H3,(H,18,19);1H. The molecule has 2 rings (SSSR count). The van der Waals surface area contributed by atoms with Crippen LogP contribution in [0.4, 0.5) is 0 Å². The van der Waals surface area contributed by atoms with Crippen molar-refractivity contribution in [2.45, 2.75) is 38.7 Å². The van der Waals surface area contributed by atoms with Gasteiger partial charge in [-0.1, -0.05) is 13.0 Å². The number of benzene rings is 1. The lowest BCUT2D eigenvalue weighted by Gasteiger charge is -2.13. The molecule has 0 bridgehead atoms. The van der Waals surface area contributed by atoms with Gasteiger partial charge in [-0.3, -0.25) is 4.79 Å². The molecule has 0 spiro atoms. The highest BCUT2D eigenvalue weighted by atomic mass is 35.5. The number of likely N-dealkylation sites (N-methyl/N-ethyl adjacent to an activating group) is 1. The summed E-state index contributed by atoms with van der Waals surface area (Å²) < 4.78 is 5.92. The lowest BCUT2D eigenvalue weighted by atomic mass is 10.2. The molecule has 5 heteroatoms. The van der Waals surface area contributed by atoms with Crippen LogP contribution in [0.15, 0.2) is 24.3 Å². The van der Waals surface area contributed by atoms with E-state index in [0.29, 0.717) is 18.2 Å². The van der Waals surface area contributed by atoms with Gasteiger partial charge in [-0.2, -0.15) is 0 Å². The Balaban J connectivity index is 0.00000220. The van der Waals surface area contributed by atoms with Gasteiger partial charge in [0.2, 0.25) is 0 Å². The fourth-order valence-electron chi connectivity index (χ4n) is 2.45. The van der Waals surface area contributed by atoms with Gasteiger partial charge in [0.1, 0.15) is 5.75 Å². The molecule has 0 radical (unpaired) electrons. The Bertz CT molecular complexity index is 434. The summed E-state index contributed by atoms with van der Waals surface area (Å²) in [6, 6.07) is 7.46. The molecule has 0 saturated heterocycles. The molecule has 0 aromatic heterocycles. The molecule has 1 fully saturated rings. The average molecular weight is 313 g/mol. The average Bonchev–Trinajstić information content (AvgIpc) is 2.96. The Morgan fingerprint density at radius 2 is 2.05 bits per heavy atom. The molecular formula is C16H25ClN2O2. The van der Waals surface area contributed by atoms with Crippen molar-refractivity contribution in [3.05, 3.63) is 29.8 Å². The first-order valence-corrected chi connectivity index (χ1v) is 7.55. The highest BCUT2D eigenvalue weighted by Crippen LogP contribution is 2.24. The maximum absolute atomic E-state index is 12.0. The van der Waals surface area contributed by atoms with Crippen LogP contribution in [-0.4, -0.2) is 31.6 Å². The molecular weight excluding hydrogens is 288 g/mol. The molecule has 4 nitrogen and oxygen atoms in total. The summed E-state index contributed by atoms with van der Waals surface area (Å²) in [4.78, 5) is 12.0. The van der Waals surface area contributed by atoms with E-state index in [2.05, 4.69) is 10.6 Å². The minimum atomic E-state index is -0.0419. The summed E-state index contributed by atoms with van der Waals surface area (Å²) >= 11 is 0. The highest BCUT2D eigenvalue weighted by molar-refractivity contribution is 5.94. The molecule has 1 aromatic carbocycles. The monoisotopic (exact) mass is 312 g/mol. The van der Waals surface area contributed by atoms with Crippen molar-refractivity contribution < 1.29 is 9.53 Å². The van der Waals surface area contributed by atoms with Crippen LogP contribution in [0.2, 0.25) is 0 Å². The third kappa shape index (κ3) is 5.94. The smallest absolute Gasteiger partial charge is 0.251 e. The first-order chi connectivity index (χ1) is 9.79. The number of carbonyl (C=O) groups is 1. The van der Waals surface area contributed by atoms with Crippen molar-refractivity contribution in [2.24, 2.45) is 0 Å². The third-order valence-corrected chi connectivity index (χ3v) is 3.54. The quantitative estimate of drug-likeness (QED) is 0.761. The SMILES string of the molecule is CCNCCNC(=O)c1cccc(OC2CCCC2)c1.Cl. The number of hydrogen-bond acceptors (Lipinski definition) is 3. The second kappa shape index (κ2) is 9.64. The van der Waals surface area contributed by atoms with E-state index in [1.807, 2.05) is 31.2 Å². The number of rotatable bonds is 7. The predicted molar refractivity (Wildman–Crippen MR) is 87.5 cm³/mol. The summed E-state index contributed by atoms with van der Waals surface area (Å²) in [5.41, 5.74) is 0.664. The number of amides is 1. The second-order valence-electron chi connectivity index (χ2n) is 5.16. The molecule has 0 heterocycles. The highest BCUT2D eigenvalue weighted by Gasteiger charge is 2.16. The van der Waals surface area contributed by atoms with E-state index in [-0.39, 0.29) is 18.3 Å². The second-order valence-corrected chi connectivity index (χ2v) is 5.16. The van der Waals surface area contributed by atoms with Crippen molar-refractivity contribution in [1.82, 2.24) is 10.6 Å². The van der Waals surface area contributed by atoms with E-state index >= 15 is 0 Å². The van der Waals surface area contributed by atoms with E-state index < -0.39 is 0 Å². The number of carbonyl (C=O) groups excluding carboxylic acids is 1. The van der Waals surface area contributed by atoms with Crippen LogP contribution in [0.5, 0.6) is 5.75 Å². The molecule has 1 amide bonds. The molecule has 0 atom stereocenters. The molecule has 21 heavy (non-hydrogen) atoms. The van der Waals surface area contributed by atoms with Crippen LogP contribution in [-0.2, 0) is 0 Å². The van der Waals surface area contributed by atoms with Gasteiger partial charge in [0.25, 0.3) is 5.91 Å². The fourth-order valence-corrected chi connectivity index (χ4v) is 2.45. The maximum atomic E-state index is 12.0. The molecule has 0 aliphatic heterocycles. The minimum Gasteiger partial charge on any atom is -0.490 e. The number of ether oxygens (including phenoxy) is 1. The van der Waals surface area contributed by atoms with Gasteiger partial charge in [-0.25, -0.2) is 0 Å². The Morgan fingerprint density at radius 1 is 1.29 bits per heavy atom. The summed E-state index contributed by atoms with van der Waals surface area (Å²) in [5.74, 6) is 0.760. The van der Waals surface area contributed by atoms with Crippen LogP contribution in [0.1, 0.15) is 43.0 Å². The molecule has 1 aliphatic carbocycles. The largest absolute Gasteiger partial charge is 0.490 e. The van der Waals surface area contributed by atoms with Gasteiger partial charge in [0.05, 0.1) is 6.10 Å². The Hall–Kier alpha value is -1.26. The van der Waals surface area contributed by atoms with E-state index in [4.69, 9.17) is 4.74 Å². The Kier molecular flexibility index (Phi) is 8.16. The van der Waals surface area contributed by atoms with E-state index in [1.165, 1.54) is 12.8 Å². The molecule has 1 saturated carbocycles. The van der Waals surface area contributed by atoms with Crippen LogP contribution < -0.4 is 15.4 Å². The van der Waals surface area contributed by atoms with E-state index in [1.54, 1.807) is 0 Å². The fraction of sp³-hybridized carbons (Fsp3) is 0.562. The topological polar surface area (TPSA) is 50.4 Å². The summed E-state index contributed by atoms with van der Waals surface area (Å²) in [6.07, 6.45) is 5.06. The summed E-state index contributed by atoms with van der Waals surface area (Å²) in [5, 5.41) is 6.07. The third-order valence-electron chi connectivity index (χ3n) is 3.54. The van der Waals surface area contributed by atoms with Crippen molar-refractivity contribution in [1.29, 1.82) is 0 Å². The minimum absolute atomic E-state index is 0. The zero-order valence-corrected chi connectivity index (χ0v) is 13.4. The van der Waals surface area contributed by atoms with Crippen LogP contribution >= 0.6 is 12.4 Å². The van der Waals surface area contributed by atoms with Gasteiger partial charge in [0, 0.05) is 18.7 Å². The Labute approximate surface area is 133 Å². The first-order valence-electron chi connectivity index (χ1n) is 7.55. The predicted octanol–water partition coefficient (Wildman–Crippen LogP) is 2.77. The lowest BCUT2D eigenvalue weighted by molar-refractivity contribution is 0.0953. The van der Waals surface area contributed by atoms with Crippen molar-refractivity contribution in [2.75, 3.05) is 19.6 Å². The van der Waals surface area contributed by atoms with E-state index in [0.717, 1.165) is 31.7 Å². The normalized spacial score (nSPS) is 14.5. The maximum Gasteiger partial charge on any atom is 0.251 e. The molecule has 118 valence electrons. The van der Waals surface area contributed by atoms with Crippen molar-refractivity contribution in [3.63, 3.8) is 0 Å². The molecule has 2 N–H and O–H groups in total. The lowest BCUT2D eigenvalue weighted by Crippen LogP contribution is -2.31. The van der Waals surface area contributed by atoms with Crippen molar-refractivity contribution >= 4 is 18.3 Å². The van der Waals surface area contributed by atoms with Crippen LogP contribution in [0, 0.1) is 0 Å². The molecule has 1 aliphatic rings. The molecule has 1 aromatic rings. The van der Waals surface area contributed by atoms with Crippen LogP contribution in [0.25, 0.3) is 0 Å². The van der Waals surface area contributed by atoms with Gasteiger partial charge in [-0.05, 0) is 50.4 Å². The van der Waals surface area contributed by atoms with Gasteiger partial charge in [-0.15, -0.1) is 12.4 Å².